The molecule has 0 fully saturated rings. The number of nitrogens with zero attached hydrogens (tertiary/aromatic N) is 1. The van der Waals surface area contributed by atoms with Crippen molar-refractivity contribution in [3.05, 3.63) is 48.8 Å². The molecule has 0 unspecified atom stereocenters. The third-order valence-corrected chi connectivity index (χ3v) is 3.47. The Morgan fingerprint density at radius 2 is 2.14 bits per heavy atom. The lowest BCUT2D eigenvalue weighted by atomic mass is 10.0. The first-order valence-electron chi connectivity index (χ1n) is 6.71. The zero-order valence-electron chi connectivity index (χ0n) is 11.3. The number of fused-ring (bicyclic) bond motifs is 1. The third-order valence-electron chi connectivity index (χ3n) is 3.25. The van der Waals surface area contributed by atoms with Gasteiger partial charge in [0.1, 0.15) is 5.65 Å². The minimum absolute atomic E-state index is 0.0341. The van der Waals surface area contributed by atoms with Gasteiger partial charge in [0.15, 0.2) is 0 Å². The number of H-pyrrole nitrogens is 1. The van der Waals surface area contributed by atoms with E-state index in [9.17, 15) is 4.79 Å². The Balaban J connectivity index is 1.99. The summed E-state index contributed by atoms with van der Waals surface area (Å²) in [6.45, 7) is 0. The molecule has 0 atom stereocenters. The first kappa shape index (κ1) is 13.7. The van der Waals surface area contributed by atoms with E-state index in [-0.39, 0.29) is 5.91 Å². The fraction of sp³-hybridized carbons (Fsp3) is 0.125. The number of amides is 1. The van der Waals surface area contributed by atoms with E-state index in [1.165, 1.54) is 0 Å². The van der Waals surface area contributed by atoms with Gasteiger partial charge in [-0.05, 0) is 24.0 Å². The number of thiol groups is 1. The molecular weight excluding hydrogens is 282 g/mol. The highest BCUT2D eigenvalue weighted by atomic mass is 32.1. The lowest BCUT2D eigenvalue weighted by molar-refractivity contribution is -0.115. The molecule has 106 valence electrons. The van der Waals surface area contributed by atoms with Crippen molar-refractivity contribution in [2.75, 3.05) is 11.1 Å². The molecule has 0 aliphatic carbocycles. The Kier molecular flexibility index (Phi) is 3.92. The van der Waals surface area contributed by atoms with Crippen molar-refractivity contribution in [3.8, 4) is 11.1 Å². The summed E-state index contributed by atoms with van der Waals surface area (Å²) in [6, 6.07) is 11.8. The zero-order valence-corrected chi connectivity index (χ0v) is 12.2. The number of pyridine rings is 1. The molecule has 1 aromatic carbocycles. The molecule has 0 spiro atoms. The standard InChI is InChI=1S/C16H15N3OS/c20-15(6-8-21)19-14-4-2-1-3-13(14)12-9-11-5-7-17-16(11)18-10-12/h1-5,7,9-10,21H,6,8H2,(H,17,18)(H,19,20). The van der Waals surface area contributed by atoms with E-state index in [2.05, 4.69) is 34.0 Å². The van der Waals surface area contributed by atoms with E-state index < -0.39 is 0 Å². The summed E-state index contributed by atoms with van der Waals surface area (Å²) in [5.74, 6) is 0.498. The summed E-state index contributed by atoms with van der Waals surface area (Å²) in [4.78, 5) is 19.3. The quantitative estimate of drug-likeness (QED) is 0.646. The molecule has 0 aliphatic rings. The second-order valence-corrected chi connectivity index (χ2v) is 5.15. The van der Waals surface area contributed by atoms with Gasteiger partial charge in [-0.25, -0.2) is 4.98 Å². The lowest BCUT2D eigenvalue weighted by Crippen LogP contribution is -2.12. The fourth-order valence-corrected chi connectivity index (χ4v) is 2.45. The number of carbonyl (C=O) groups excluding carboxylic acids is 1. The van der Waals surface area contributed by atoms with Gasteiger partial charge >= 0.3 is 0 Å². The van der Waals surface area contributed by atoms with Gasteiger partial charge in [-0.3, -0.25) is 4.79 Å². The normalized spacial score (nSPS) is 10.7. The zero-order chi connectivity index (χ0) is 14.7. The summed E-state index contributed by atoms with van der Waals surface area (Å²) in [6.07, 6.45) is 4.07. The first-order valence-corrected chi connectivity index (χ1v) is 7.34. The van der Waals surface area contributed by atoms with Crippen LogP contribution < -0.4 is 5.32 Å². The van der Waals surface area contributed by atoms with Crippen LogP contribution in [0, 0.1) is 0 Å². The van der Waals surface area contributed by atoms with Gasteiger partial charge in [0.25, 0.3) is 0 Å². The third kappa shape index (κ3) is 2.92. The van der Waals surface area contributed by atoms with Crippen LogP contribution in [0.2, 0.25) is 0 Å². The second-order valence-electron chi connectivity index (χ2n) is 4.71. The Bertz CT molecular complexity index is 782. The molecule has 0 saturated heterocycles. The number of aromatic nitrogens is 2. The SMILES string of the molecule is O=C(CCS)Nc1ccccc1-c1cnc2[nH]ccc2c1. The van der Waals surface area contributed by atoms with Crippen molar-refractivity contribution >= 4 is 35.3 Å². The van der Waals surface area contributed by atoms with Crippen molar-refractivity contribution in [2.24, 2.45) is 0 Å². The topological polar surface area (TPSA) is 57.8 Å². The summed E-state index contributed by atoms with van der Waals surface area (Å²) in [5, 5.41) is 3.97. The van der Waals surface area contributed by atoms with Gasteiger partial charge < -0.3 is 10.3 Å². The molecule has 2 heterocycles. The van der Waals surface area contributed by atoms with Gasteiger partial charge in [-0.2, -0.15) is 12.6 Å². The molecule has 2 aromatic heterocycles. The van der Waals surface area contributed by atoms with Crippen molar-refractivity contribution in [3.63, 3.8) is 0 Å². The van der Waals surface area contributed by atoms with E-state index in [1.807, 2.05) is 42.7 Å². The van der Waals surface area contributed by atoms with Crippen LogP contribution in [0.1, 0.15) is 6.42 Å². The summed E-state index contributed by atoms with van der Waals surface area (Å²) in [5.41, 5.74) is 3.58. The maximum Gasteiger partial charge on any atom is 0.225 e. The maximum absolute atomic E-state index is 11.8. The average molecular weight is 297 g/mol. The van der Waals surface area contributed by atoms with Gasteiger partial charge in [-0.15, -0.1) is 0 Å². The minimum atomic E-state index is -0.0341. The number of nitrogens with one attached hydrogen (secondary N) is 2. The van der Waals surface area contributed by atoms with Crippen LogP contribution in [0.15, 0.2) is 48.8 Å². The number of benzene rings is 1. The van der Waals surface area contributed by atoms with E-state index in [0.29, 0.717) is 12.2 Å². The van der Waals surface area contributed by atoms with Crippen LogP contribution in [-0.4, -0.2) is 21.6 Å². The van der Waals surface area contributed by atoms with Gasteiger partial charge in [-0.1, -0.05) is 18.2 Å². The monoisotopic (exact) mass is 297 g/mol. The van der Waals surface area contributed by atoms with Crippen LogP contribution in [0.5, 0.6) is 0 Å². The lowest BCUT2D eigenvalue weighted by Gasteiger charge is -2.10. The predicted molar refractivity (Wildman–Crippen MR) is 88.6 cm³/mol. The van der Waals surface area contributed by atoms with Crippen LogP contribution in [0.3, 0.4) is 0 Å². The van der Waals surface area contributed by atoms with Crippen molar-refractivity contribution in [2.45, 2.75) is 6.42 Å². The Morgan fingerprint density at radius 1 is 1.29 bits per heavy atom. The Morgan fingerprint density at radius 3 is 3.00 bits per heavy atom. The molecule has 3 rings (SSSR count). The number of aromatic amines is 1. The molecule has 0 bridgehead atoms. The summed E-state index contributed by atoms with van der Waals surface area (Å²) >= 11 is 4.08. The van der Waals surface area contributed by atoms with Gasteiger partial charge in [0.2, 0.25) is 5.91 Å². The van der Waals surface area contributed by atoms with E-state index in [4.69, 9.17) is 0 Å². The van der Waals surface area contributed by atoms with E-state index >= 15 is 0 Å². The van der Waals surface area contributed by atoms with E-state index in [0.717, 1.165) is 27.8 Å². The highest BCUT2D eigenvalue weighted by molar-refractivity contribution is 7.80. The van der Waals surface area contributed by atoms with Crippen LogP contribution in [0.4, 0.5) is 5.69 Å². The Hall–Kier alpha value is -2.27. The molecule has 0 aliphatic heterocycles. The van der Waals surface area contributed by atoms with Crippen molar-refractivity contribution in [1.29, 1.82) is 0 Å². The Labute approximate surface area is 128 Å². The van der Waals surface area contributed by atoms with Crippen LogP contribution >= 0.6 is 12.6 Å². The number of para-hydroxylation sites is 1. The molecular formula is C16H15N3OS. The fourth-order valence-electron chi connectivity index (χ4n) is 2.25. The number of rotatable bonds is 4. The summed E-state index contributed by atoms with van der Waals surface area (Å²) in [7, 11) is 0. The number of anilines is 1. The van der Waals surface area contributed by atoms with Crippen molar-refractivity contribution in [1.82, 2.24) is 9.97 Å². The molecule has 21 heavy (non-hydrogen) atoms. The molecule has 2 N–H and O–H groups in total. The molecule has 0 saturated carbocycles. The second kappa shape index (κ2) is 6.01. The van der Waals surface area contributed by atoms with Gasteiger partial charge in [0.05, 0.1) is 0 Å². The van der Waals surface area contributed by atoms with Crippen LogP contribution in [-0.2, 0) is 4.79 Å². The molecule has 0 radical (unpaired) electrons. The largest absolute Gasteiger partial charge is 0.346 e. The molecule has 1 amide bonds. The highest BCUT2D eigenvalue weighted by Crippen LogP contribution is 2.29. The number of hydrogen-bond donors (Lipinski definition) is 3. The maximum atomic E-state index is 11.8. The minimum Gasteiger partial charge on any atom is -0.346 e. The van der Waals surface area contributed by atoms with E-state index in [1.54, 1.807) is 0 Å². The molecule has 5 heteroatoms. The number of hydrogen-bond acceptors (Lipinski definition) is 3. The smallest absolute Gasteiger partial charge is 0.225 e. The number of carbonyl (C=O) groups is 1. The average Bonchev–Trinajstić information content (AvgIpc) is 2.95. The van der Waals surface area contributed by atoms with Gasteiger partial charge in [0, 0.05) is 41.0 Å². The van der Waals surface area contributed by atoms with Crippen LogP contribution in [0.25, 0.3) is 22.2 Å². The predicted octanol–water partition coefficient (Wildman–Crippen LogP) is 3.49. The molecule has 4 nitrogen and oxygen atoms in total. The first-order chi connectivity index (χ1) is 10.3. The summed E-state index contributed by atoms with van der Waals surface area (Å²) < 4.78 is 0. The molecule has 3 aromatic rings. The van der Waals surface area contributed by atoms with Crippen molar-refractivity contribution < 1.29 is 4.79 Å². The highest BCUT2D eigenvalue weighted by Gasteiger charge is 2.09.